The van der Waals surface area contributed by atoms with Gasteiger partial charge in [0.25, 0.3) is 0 Å². The highest BCUT2D eigenvalue weighted by Gasteiger charge is 2.65. The Morgan fingerprint density at radius 1 is 0.824 bits per heavy atom. The lowest BCUT2D eigenvalue weighted by Gasteiger charge is -2.67. The Hall–Kier alpha value is -1.31. The average Bonchev–Trinajstić information content (AvgIpc) is 3.29. The maximum absolute atomic E-state index is 13.7. The molecule has 2 heteroatoms. The summed E-state index contributed by atoms with van der Waals surface area (Å²) in [4.78, 5) is 13.7. The third-order valence-electron chi connectivity index (χ3n) is 12.5. The van der Waals surface area contributed by atoms with Gasteiger partial charge < -0.3 is 4.74 Å². The van der Waals surface area contributed by atoms with Crippen LogP contribution in [0.3, 0.4) is 0 Å². The zero-order valence-corrected chi connectivity index (χ0v) is 21.9. The van der Waals surface area contributed by atoms with Crippen LogP contribution in [-0.2, 0) is 16.1 Å². The van der Waals surface area contributed by atoms with E-state index in [1.54, 1.807) is 0 Å². The van der Waals surface area contributed by atoms with E-state index >= 15 is 0 Å². The Morgan fingerprint density at radius 3 is 2.38 bits per heavy atom. The highest BCUT2D eigenvalue weighted by molar-refractivity contribution is 5.78. The normalized spacial score (nSPS) is 47.6. The number of benzene rings is 1. The summed E-state index contributed by atoms with van der Waals surface area (Å²) in [7, 11) is 0. The van der Waals surface area contributed by atoms with Gasteiger partial charge in [-0.1, -0.05) is 70.4 Å². The molecule has 1 aromatic rings. The number of carbonyl (C=O) groups is 1. The molecule has 0 spiro atoms. The topological polar surface area (TPSA) is 26.3 Å². The molecule has 0 saturated heterocycles. The summed E-state index contributed by atoms with van der Waals surface area (Å²) in [6, 6.07) is 10.2. The smallest absolute Gasteiger partial charge is 0.312 e. The second-order valence-corrected chi connectivity index (χ2v) is 13.7. The third-order valence-corrected chi connectivity index (χ3v) is 12.5. The summed E-state index contributed by atoms with van der Waals surface area (Å²) in [5.41, 5.74) is 1.94. The highest BCUT2D eigenvalue weighted by atomic mass is 16.5. The third kappa shape index (κ3) is 3.29. The molecule has 0 aliphatic heterocycles. The molecular weight excluding hydrogens is 416 g/mol. The van der Waals surface area contributed by atoms with Gasteiger partial charge in [0.1, 0.15) is 6.61 Å². The van der Waals surface area contributed by atoms with Crippen molar-refractivity contribution in [3.8, 4) is 0 Å². The molecular formula is C32H46O2. The summed E-state index contributed by atoms with van der Waals surface area (Å²) in [6.45, 7) is 8.37. The Bertz CT molecular complexity index is 909. The predicted molar refractivity (Wildman–Crippen MR) is 137 cm³/mol. The molecule has 5 aliphatic rings. The maximum atomic E-state index is 13.7. The van der Waals surface area contributed by atoms with Crippen LogP contribution < -0.4 is 0 Å². The van der Waals surface area contributed by atoms with Crippen LogP contribution in [0, 0.1) is 51.8 Å². The number of carbonyl (C=O) groups excluding carboxylic acids is 1. The molecule has 0 bridgehead atoms. The quantitative estimate of drug-likeness (QED) is 0.423. The summed E-state index contributed by atoms with van der Waals surface area (Å²) in [5.74, 6) is 4.99. The minimum Gasteiger partial charge on any atom is -0.460 e. The molecule has 5 aliphatic carbocycles. The van der Waals surface area contributed by atoms with Crippen molar-refractivity contribution in [3.63, 3.8) is 0 Å². The van der Waals surface area contributed by atoms with Gasteiger partial charge in [-0.25, -0.2) is 0 Å². The molecule has 9 atom stereocenters. The van der Waals surface area contributed by atoms with E-state index in [-0.39, 0.29) is 11.4 Å². The number of hydrogen-bond donors (Lipinski definition) is 0. The zero-order chi connectivity index (χ0) is 23.6. The first-order valence-corrected chi connectivity index (χ1v) is 14.6. The first-order valence-electron chi connectivity index (χ1n) is 14.6. The van der Waals surface area contributed by atoms with Crippen LogP contribution >= 0.6 is 0 Å². The Kier molecular flexibility index (Phi) is 5.69. The fraction of sp³-hybridized carbons (Fsp3) is 0.781. The monoisotopic (exact) mass is 462 g/mol. The van der Waals surface area contributed by atoms with E-state index < -0.39 is 0 Å². The van der Waals surface area contributed by atoms with Crippen molar-refractivity contribution in [2.24, 2.45) is 51.8 Å². The summed E-state index contributed by atoms with van der Waals surface area (Å²) in [5, 5.41) is 0. The van der Waals surface area contributed by atoms with Gasteiger partial charge in [-0.2, -0.15) is 0 Å². The van der Waals surface area contributed by atoms with Gasteiger partial charge in [-0.3, -0.25) is 4.79 Å². The molecule has 0 N–H and O–H groups in total. The van der Waals surface area contributed by atoms with E-state index in [9.17, 15) is 4.79 Å². The van der Waals surface area contributed by atoms with Crippen LogP contribution in [0.2, 0.25) is 0 Å². The Morgan fingerprint density at radius 2 is 1.56 bits per heavy atom. The minimum atomic E-state index is -0.195. The van der Waals surface area contributed by atoms with Crippen molar-refractivity contribution < 1.29 is 9.53 Å². The van der Waals surface area contributed by atoms with Gasteiger partial charge in [0, 0.05) is 0 Å². The molecule has 2 nitrogen and oxygen atoms in total. The standard InChI is InChI=1S/C32H46O2/c1-22-9-7-17-30(2)25(22)15-19-31(3)26-16-20-32(29(33)34-21-23-10-5-4-6-11-23)18-8-12-27(32)24(26)13-14-28(30)31/h4-6,10-11,22,24-28H,7-9,12-21H2,1-3H3. The van der Waals surface area contributed by atoms with Crippen LogP contribution in [-0.4, -0.2) is 5.97 Å². The number of hydrogen-bond acceptors (Lipinski definition) is 2. The minimum absolute atomic E-state index is 0.126. The van der Waals surface area contributed by atoms with Crippen molar-refractivity contribution in [1.29, 1.82) is 0 Å². The Balaban J connectivity index is 1.23. The van der Waals surface area contributed by atoms with Gasteiger partial charge in [0.15, 0.2) is 0 Å². The summed E-state index contributed by atoms with van der Waals surface area (Å²) < 4.78 is 6.04. The number of ether oxygens (including phenoxy) is 1. The highest BCUT2D eigenvalue weighted by Crippen LogP contribution is 2.71. The van der Waals surface area contributed by atoms with Crippen LogP contribution in [0.25, 0.3) is 0 Å². The molecule has 0 heterocycles. The van der Waals surface area contributed by atoms with Gasteiger partial charge >= 0.3 is 5.97 Å². The van der Waals surface area contributed by atoms with Crippen LogP contribution in [0.15, 0.2) is 30.3 Å². The molecule has 5 saturated carbocycles. The molecule has 186 valence electrons. The second kappa shape index (κ2) is 8.38. The SMILES string of the molecule is CC1CCCC2(C)C1CCC1(C)C3CCC4(C(=O)OCc5ccccc5)CCCC4C3CCC21. The Labute approximate surface area is 207 Å². The molecule has 6 rings (SSSR count). The summed E-state index contributed by atoms with van der Waals surface area (Å²) in [6.07, 6.45) is 15.8. The fourth-order valence-corrected chi connectivity index (χ4v) is 11.1. The largest absolute Gasteiger partial charge is 0.460 e. The molecule has 5 fully saturated rings. The van der Waals surface area contributed by atoms with E-state index in [2.05, 4.69) is 32.9 Å². The van der Waals surface area contributed by atoms with Crippen LogP contribution in [0.1, 0.15) is 103 Å². The van der Waals surface area contributed by atoms with E-state index in [4.69, 9.17) is 4.74 Å². The van der Waals surface area contributed by atoms with Crippen molar-refractivity contribution in [3.05, 3.63) is 35.9 Å². The van der Waals surface area contributed by atoms with Gasteiger partial charge in [0.2, 0.25) is 0 Å². The lowest BCUT2D eigenvalue weighted by molar-refractivity contribution is -0.193. The van der Waals surface area contributed by atoms with Crippen LogP contribution in [0.4, 0.5) is 0 Å². The molecule has 9 unspecified atom stereocenters. The van der Waals surface area contributed by atoms with Gasteiger partial charge in [-0.15, -0.1) is 0 Å². The summed E-state index contributed by atoms with van der Waals surface area (Å²) >= 11 is 0. The van der Waals surface area contributed by atoms with Crippen molar-refractivity contribution in [2.75, 3.05) is 0 Å². The predicted octanol–water partition coefficient (Wildman–Crippen LogP) is 8.20. The van der Waals surface area contributed by atoms with Crippen molar-refractivity contribution >= 4 is 5.97 Å². The molecule has 34 heavy (non-hydrogen) atoms. The van der Waals surface area contributed by atoms with Gasteiger partial charge in [0.05, 0.1) is 5.41 Å². The fourth-order valence-electron chi connectivity index (χ4n) is 11.1. The number of rotatable bonds is 3. The van der Waals surface area contributed by atoms with E-state index in [1.165, 1.54) is 64.2 Å². The number of fused-ring (bicyclic) bond motifs is 7. The molecule has 0 aromatic heterocycles. The first-order chi connectivity index (χ1) is 16.4. The lowest BCUT2D eigenvalue weighted by Crippen LogP contribution is -2.60. The lowest BCUT2D eigenvalue weighted by atomic mass is 9.38. The zero-order valence-electron chi connectivity index (χ0n) is 21.9. The van der Waals surface area contributed by atoms with Crippen LogP contribution in [0.5, 0.6) is 0 Å². The van der Waals surface area contributed by atoms with E-state index in [1.807, 2.05) is 18.2 Å². The average molecular weight is 463 g/mol. The van der Waals surface area contributed by atoms with E-state index in [0.717, 1.165) is 48.0 Å². The molecule has 0 amide bonds. The first kappa shape index (κ1) is 23.1. The van der Waals surface area contributed by atoms with E-state index in [0.29, 0.717) is 23.4 Å². The number of esters is 1. The van der Waals surface area contributed by atoms with Gasteiger partial charge in [-0.05, 0) is 110 Å². The molecule has 0 radical (unpaired) electrons. The van der Waals surface area contributed by atoms with Crippen molar-refractivity contribution in [2.45, 2.75) is 104 Å². The van der Waals surface area contributed by atoms with Crippen molar-refractivity contribution in [1.82, 2.24) is 0 Å². The second-order valence-electron chi connectivity index (χ2n) is 13.7. The molecule has 1 aromatic carbocycles. The maximum Gasteiger partial charge on any atom is 0.312 e.